The smallest absolute Gasteiger partial charge is 0.161 e. The van der Waals surface area contributed by atoms with Crippen LogP contribution in [0.2, 0.25) is 0 Å². The summed E-state index contributed by atoms with van der Waals surface area (Å²) in [4.78, 5) is 4.43. The number of thioether (sulfide) groups is 1. The molecular weight excluding hydrogens is 291 g/mol. The van der Waals surface area contributed by atoms with Crippen molar-refractivity contribution >= 4 is 38.5 Å². The van der Waals surface area contributed by atoms with Crippen LogP contribution in [0.25, 0.3) is 0 Å². The molecule has 86 valence electrons. The van der Waals surface area contributed by atoms with Crippen molar-refractivity contribution in [3.8, 4) is 0 Å². The van der Waals surface area contributed by atoms with E-state index in [9.17, 15) is 4.39 Å². The second-order valence-corrected chi connectivity index (χ2v) is 5.67. The summed E-state index contributed by atoms with van der Waals surface area (Å²) < 4.78 is 14.3. The molecule has 1 heterocycles. The van der Waals surface area contributed by atoms with E-state index in [2.05, 4.69) is 33.2 Å². The molecule has 1 aliphatic heterocycles. The molecule has 1 unspecified atom stereocenters. The average Bonchev–Trinajstić information content (AvgIpc) is 2.24. The second-order valence-electron chi connectivity index (χ2n) is 3.67. The molecule has 1 aromatic carbocycles. The molecule has 2 rings (SSSR count). The first-order valence-corrected chi connectivity index (χ1v) is 6.85. The van der Waals surface area contributed by atoms with Gasteiger partial charge in [-0.3, -0.25) is 4.99 Å². The van der Waals surface area contributed by atoms with Crippen molar-refractivity contribution in [2.45, 2.75) is 19.4 Å². The third kappa shape index (κ3) is 2.98. The normalized spacial score (nSPS) is 20.4. The van der Waals surface area contributed by atoms with Crippen molar-refractivity contribution in [2.24, 2.45) is 4.99 Å². The first-order chi connectivity index (χ1) is 7.65. The van der Waals surface area contributed by atoms with Crippen LogP contribution >= 0.6 is 27.7 Å². The fourth-order valence-electron chi connectivity index (χ4n) is 1.40. The molecule has 1 aliphatic rings. The number of aliphatic imine (C=N–C) groups is 1. The van der Waals surface area contributed by atoms with Crippen LogP contribution in [0.1, 0.15) is 13.3 Å². The molecule has 0 saturated heterocycles. The van der Waals surface area contributed by atoms with E-state index in [1.807, 2.05) is 0 Å². The summed E-state index contributed by atoms with van der Waals surface area (Å²) >= 11 is 4.95. The van der Waals surface area contributed by atoms with Crippen molar-refractivity contribution in [1.82, 2.24) is 0 Å². The lowest BCUT2D eigenvalue weighted by Crippen LogP contribution is -2.18. The fourth-order valence-corrected chi connectivity index (χ4v) is 2.85. The highest BCUT2D eigenvalue weighted by molar-refractivity contribution is 9.10. The highest BCUT2D eigenvalue weighted by atomic mass is 79.9. The van der Waals surface area contributed by atoms with Crippen LogP contribution in [0.5, 0.6) is 0 Å². The maximum Gasteiger partial charge on any atom is 0.161 e. The highest BCUT2D eigenvalue weighted by Crippen LogP contribution is 2.23. The number of benzene rings is 1. The van der Waals surface area contributed by atoms with Crippen molar-refractivity contribution in [2.75, 3.05) is 11.1 Å². The summed E-state index contributed by atoms with van der Waals surface area (Å²) in [5.41, 5.74) is 0.467. The van der Waals surface area contributed by atoms with E-state index in [-0.39, 0.29) is 5.82 Å². The van der Waals surface area contributed by atoms with Crippen molar-refractivity contribution in [3.63, 3.8) is 0 Å². The van der Waals surface area contributed by atoms with E-state index in [0.29, 0.717) is 11.7 Å². The summed E-state index contributed by atoms with van der Waals surface area (Å²) in [6.45, 7) is 2.07. The van der Waals surface area contributed by atoms with Gasteiger partial charge in [-0.25, -0.2) is 4.39 Å². The number of hydrogen-bond acceptors (Lipinski definition) is 3. The topological polar surface area (TPSA) is 24.4 Å². The Kier molecular flexibility index (Phi) is 3.86. The zero-order valence-electron chi connectivity index (χ0n) is 8.84. The van der Waals surface area contributed by atoms with Gasteiger partial charge in [0.05, 0.1) is 11.7 Å². The van der Waals surface area contributed by atoms with Gasteiger partial charge < -0.3 is 5.32 Å². The van der Waals surface area contributed by atoms with Crippen molar-refractivity contribution < 1.29 is 4.39 Å². The Morgan fingerprint density at radius 3 is 3.12 bits per heavy atom. The Labute approximate surface area is 107 Å². The van der Waals surface area contributed by atoms with E-state index >= 15 is 0 Å². The van der Waals surface area contributed by atoms with Crippen LogP contribution < -0.4 is 5.32 Å². The third-order valence-corrected chi connectivity index (χ3v) is 3.70. The lowest BCUT2D eigenvalue weighted by Gasteiger charge is -2.18. The molecule has 0 aromatic heterocycles. The van der Waals surface area contributed by atoms with Gasteiger partial charge in [-0.1, -0.05) is 27.7 Å². The number of hydrogen-bond donors (Lipinski definition) is 1. The molecular formula is C11H12BrFN2S. The Morgan fingerprint density at radius 1 is 1.56 bits per heavy atom. The molecule has 1 aromatic rings. The van der Waals surface area contributed by atoms with Gasteiger partial charge in [-0.05, 0) is 31.5 Å². The standard InChI is InChI=1S/C11H12BrFN2S/c1-7-4-5-16-11(14-7)15-10-6-8(12)2-3-9(10)13/h2-3,6-7H,4-5H2,1H3,(H,14,15). The maximum atomic E-state index is 13.5. The van der Waals surface area contributed by atoms with Gasteiger partial charge >= 0.3 is 0 Å². The first-order valence-electron chi connectivity index (χ1n) is 5.08. The van der Waals surface area contributed by atoms with Crippen LogP contribution in [0, 0.1) is 5.82 Å². The SMILES string of the molecule is CC1CCSC(Nc2cc(Br)ccc2F)=N1. The molecule has 0 fully saturated rings. The molecule has 0 amide bonds. The van der Waals surface area contributed by atoms with Gasteiger partial charge in [-0.2, -0.15) is 0 Å². The summed E-state index contributed by atoms with van der Waals surface area (Å²) in [5.74, 6) is 0.771. The number of rotatable bonds is 1. The van der Waals surface area contributed by atoms with E-state index in [1.165, 1.54) is 6.07 Å². The lowest BCUT2D eigenvalue weighted by atomic mass is 10.3. The predicted molar refractivity (Wildman–Crippen MR) is 71.7 cm³/mol. The summed E-state index contributed by atoms with van der Waals surface area (Å²) in [5, 5.41) is 3.83. The van der Waals surface area contributed by atoms with Crippen molar-refractivity contribution in [1.29, 1.82) is 0 Å². The average molecular weight is 303 g/mol. The van der Waals surface area contributed by atoms with E-state index in [4.69, 9.17) is 0 Å². The molecule has 1 atom stereocenters. The van der Waals surface area contributed by atoms with Gasteiger partial charge in [0, 0.05) is 10.2 Å². The van der Waals surface area contributed by atoms with E-state index in [0.717, 1.165) is 21.8 Å². The predicted octanol–water partition coefficient (Wildman–Crippen LogP) is 3.88. The van der Waals surface area contributed by atoms with E-state index < -0.39 is 0 Å². The molecule has 0 radical (unpaired) electrons. The largest absolute Gasteiger partial charge is 0.333 e. The number of nitrogens with zero attached hydrogens (tertiary/aromatic N) is 1. The highest BCUT2D eigenvalue weighted by Gasteiger charge is 2.13. The molecule has 0 saturated carbocycles. The van der Waals surface area contributed by atoms with Crippen LogP contribution in [-0.2, 0) is 0 Å². The number of nitrogens with one attached hydrogen (secondary N) is 1. The zero-order valence-corrected chi connectivity index (χ0v) is 11.2. The second kappa shape index (κ2) is 5.19. The lowest BCUT2D eigenvalue weighted by molar-refractivity contribution is 0.632. The van der Waals surface area contributed by atoms with Crippen LogP contribution in [0.4, 0.5) is 10.1 Å². The monoisotopic (exact) mass is 302 g/mol. The van der Waals surface area contributed by atoms with Gasteiger partial charge in [0.15, 0.2) is 5.17 Å². The minimum atomic E-state index is -0.260. The summed E-state index contributed by atoms with van der Waals surface area (Å²) in [6, 6.07) is 5.15. The first kappa shape index (κ1) is 11.9. The van der Waals surface area contributed by atoms with Crippen LogP contribution in [-0.4, -0.2) is 17.0 Å². The zero-order chi connectivity index (χ0) is 11.5. The fraction of sp³-hybridized carbons (Fsp3) is 0.364. The van der Waals surface area contributed by atoms with Gasteiger partial charge in [-0.15, -0.1) is 0 Å². The molecule has 0 bridgehead atoms. The van der Waals surface area contributed by atoms with Crippen LogP contribution in [0.15, 0.2) is 27.7 Å². The molecule has 2 nitrogen and oxygen atoms in total. The summed E-state index contributed by atoms with van der Waals surface area (Å²) in [7, 11) is 0. The van der Waals surface area contributed by atoms with Gasteiger partial charge in [0.2, 0.25) is 0 Å². The Hall–Kier alpha value is -0.550. The van der Waals surface area contributed by atoms with Gasteiger partial charge in [0.25, 0.3) is 0 Å². The minimum absolute atomic E-state index is 0.260. The number of amidine groups is 1. The molecule has 5 heteroatoms. The molecule has 16 heavy (non-hydrogen) atoms. The Morgan fingerprint density at radius 2 is 2.38 bits per heavy atom. The van der Waals surface area contributed by atoms with Gasteiger partial charge in [0.1, 0.15) is 5.82 Å². The summed E-state index contributed by atoms with van der Waals surface area (Å²) in [6.07, 6.45) is 1.08. The van der Waals surface area contributed by atoms with E-state index in [1.54, 1.807) is 23.9 Å². The quantitative estimate of drug-likeness (QED) is 0.851. The van der Waals surface area contributed by atoms with Crippen LogP contribution in [0.3, 0.4) is 0 Å². The number of halogens is 2. The maximum absolute atomic E-state index is 13.5. The van der Waals surface area contributed by atoms with Crippen molar-refractivity contribution in [3.05, 3.63) is 28.5 Å². The molecule has 1 N–H and O–H groups in total. The molecule has 0 aliphatic carbocycles. The Balaban J connectivity index is 2.17. The third-order valence-electron chi connectivity index (χ3n) is 2.28. The number of anilines is 1. The minimum Gasteiger partial charge on any atom is -0.333 e. The Bertz CT molecular complexity index is 422. The molecule has 0 spiro atoms.